The summed E-state index contributed by atoms with van der Waals surface area (Å²) in [7, 11) is 0. The average Bonchev–Trinajstić information content (AvgIpc) is 2.52. The van der Waals surface area contributed by atoms with Crippen LogP contribution in [0.1, 0.15) is 44.7 Å². The third-order valence-electron chi connectivity index (χ3n) is 3.78. The van der Waals surface area contributed by atoms with E-state index in [2.05, 4.69) is 0 Å². The van der Waals surface area contributed by atoms with Crippen molar-refractivity contribution in [3.8, 4) is 0 Å². The normalized spacial score (nSPS) is 24.1. The highest BCUT2D eigenvalue weighted by molar-refractivity contribution is 5.77. The fourth-order valence-corrected chi connectivity index (χ4v) is 2.88. The van der Waals surface area contributed by atoms with Gasteiger partial charge in [0.25, 0.3) is 0 Å². The molecule has 0 aromatic heterocycles. The number of rotatable bonds is 2. The van der Waals surface area contributed by atoms with Crippen molar-refractivity contribution < 1.29 is 13.6 Å². The number of carbonyl (C=O) groups excluding carboxylic acids is 1. The highest BCUT2D eigenvalue weighted by atomic mass is 19.2. The molecule has 1 aromatic rings. The topological polar surface area (TPSA) is 46.3 Å². The van der Waals surface area contributed by atoms with Gasteiger partial charge < -0.3 is 10.6 Å². The number of benzene rings is 1. The molecule has 1 fully saturated rings. The summed E-state index contributed by atoms with van der Waals surface area (Å²) in [6, 6.07) is 2.92. The van der Waals surface area contributed by atoms with E-state index in [-0.39, 0.29) is 23.6 Å². The molecule has 1 heterocycles. The largest absolute Gasteiger partial charge is 0.332 e. The van der Waals surface area contributed by atoms with E-state index < -0.39 is 17.7 Å². The molecule has 2 N–H and O–H groups in total. The Kier molecular flexibility index (Phi) is 4.38. The first-order valence-electron chi connectivity index (χ1n) is 6.94. The van der Waals surface area contributed by atoms with Crippen LogP contribution in [-0.4, -0.2) is 22.9 Å². The standard InChI is InChI=1S/C15H20F2N2O/c1-9(2)19-13(20)8-4-7-12(18)15(19)10-5-3-6-11(16)14(10)17/h3,5-6,9,12,15H,4,7-8,18H2,1-2H3. The van der Waals surface area contributed by atoms with Gasteiger partial charge in [0, 0.05) is 24.1 Å². The summed E-state index contributed by atoms with van der Waals surface area (Å²) in [5, 5.41) is 0. The molecule has 0 saturated carbocycles. The lowest BCUT2D eigenvalue weighted by Crippen LogP contribution is -2.46. The number of halogens is 2. The highest BCUT2D eigenvalue weighted by Crippen LogP contribution is 2.33. The number of amides is 1. The van der Waals surface area contributed by atoms with Gasteiger partial charge in [-0.3, -0.25) is 4.79 Å². The number of hydrogen-bond acceptors (Lipinski definition) is 2. The van der Waals surface area contributed by atoms with E-state index in [4.69, 9.17) is 5.73 Å². The van der Waals surface area contributed by atoms with Crippen LogP contribution < -0.4 is 5.73 Å². The fourth-order valence-electron chi connectivity index (χ4n) is 2.88. The Morgan fingerprint density at radius 1 is 1.35 bits per heavy atom. The zero-order valence-electron chi connectivity index (χ0n) is 11.8. The Labute approximate surface area is 117 Å². The smallest absolute Gasteiger partial charge is 0.223 e. The molecule has 5 heteroatoms. The maximum Gasteiger partial charge on any atom is 0.223 e. The Hall–Kier alpha value is -1.49. The number of likely N-dealkylation sites (tertiary alicyclic amines) is 1. The van der Waals surface area contributed by atoms with Crippen LogP contribution >= 0.6 is 0 Å². The summed E-state index contributed by atoms with van der Waals surface area (Å²) < 4.78 is 27.6. The summed E-state index contributed by atoms with van der Waals surface area (Å²) in [6.45, 7) is 3.72. The van der Waals surface area contributed by atoms with E-state index in [1.54, 1.807) is 4.90 Å². The molecule has 1 saturated heterocycles. The monoisotopic (exact) mass is 282 g/mol. The molecule has 3 nitrogen and oxygen atoms in total. The van der Waals surface area contributed by atoms with Gasteiger partial charge in [0.15, 0.2) is 11.6 Å². The minimum atomic E-state index is -0.909. The first kappa shape index (κ1) is 14.9. The van der Waals surface area contributed by atoms with E-state index in [1.807, 2.05) is 13.8 Å². The van der Waals surface area contributed by atoms with Gasteiger partial charge in [-0.2, -0.15) is 0 Å². The molecule has 0 aliphatic carbocycles. The molecule has 1 aliphatic heterocycles. The van der Waals surface area contributed by atoms with Gasteiger partial charge >= 0.3 is 0 Å². The van der Waals surface area contributed by atoms with Crippen molar-refractivity contribution in [2.24, 2.45) is 5.73 Å². The molecule has 20 heavy (non-hydrogen) atoms. The predicted molar refractivity (Wildman–Crippen MR) is 72.9 cm³/mol. The average molecular weight is 282 g/mol. The third-order valence-corrected chi connectivity index (χ3v) is 3.78. The van der Waals surface area contributed by atoms with Gasteiger partial charge in [-0.25, -0.2) is 8.78 Å². The molecule has 2 unspecified atom stereocenters. The summed E-state index contributed by atoms with van der Waals surface area (Å²) in [6.07, 6.45) is 1.70. The summed E-state index contributed by atoms with van der Waals surface area (Å²) >= 11 is 0. The van der Waals surface area contributed by atoms with Crippen molar-refractivity contribution in [2.75, 3.05) is 0 Å². The lowest BCUT2D eigenvalue weighted by atomic mass is 9.95. The Morgan fingerprint density at radius 2 is 2.05 bits per heavy atom. The summed E-state index contributed by atoms with van der Waals surface area (Å²) in [5.41, 5.74) is 6.31. The summed E-state index contributed by atoms with van der Waals surface area (Å²) in [4.78, 5) is 13.8. The third kappa shape index (κ3) is 2.68. The molecule has 1 aromatic carbocycles. The van der Waals surface area contributed by atoms with Crippen LogP contribution in [0.5, 0.6) is 0 Å². The minimum Gasteiger partial charge on any atom is -0.332 e. The van der Waals surface area contributed by atoms with E-state index in [9.17, 15) is 13.6 Å². The van der Waals surface area contributed by atoms with Crippen molar-refractivity contribution >= 4 is 5.91 Å². The molecular weight excluding hydrogens is 262 g/mol. The van der Waals surface area contributed by atoms with E-state index in [0.717, 1.165) is 6.07 Å². The Bertz CT molecular complexity index is 505. The molecule has 2 rings (SSSR count). The first-order chi connectivity index (χ1) is 9.43. The zero-order valence-corrected chi connectivity index (χ0v) is 11.8. The second-order valence-corrected chi connectivity index (χ2v) is 5.54. The molecule has 1 amide bonds. The van der Waals surface area contributed by atoms with Crippen molar-refractivity contribution in [2.45, 2.75) is 51.2 Å². The molecule has 0 bridgehead atoms. The molecule has 1 aliphatic rings. The second-order valence-electron chi connectivity index (χ2n) is 5.54. The van der Waals surface area contributed by atoms with Crippen molar-refractivity contribution in [1.82, 2.24) is 4.90 Å². The Morgan fingerprint density at radius 3 is 2.70 bits per heavy atom. The van der Waals surface area contributed by atoms with Crippen LogP contribution in [0.15, 0.2) is 18.2 Å². The number of hydrogen-bond donors (Lipinski definition) is 1. The first-order valence-corrected chi connectivity index (χ1v) is 6.94. The molecular formula is C15H20F2N2O. The van der Waals surface area contributed by atoms with Crippen molar-refractivity contribution in [1.29, 1.82) is 0 Å². The number of nitrogens with zero attached hydrogens (tertiary/aromatic N) is 1. The molecule has 2 atom stereocenters. The minimum absolute atomic E-state index is 0.0541. The molecule has 0 radical (unpaired) electrons. The van der Waals surface area contributed by atoms with E-state index in [0.29, 0.717) is 19.3 Å². The number of nitrogens with two attached hydrogens (primary N) is 1. The van der Waals surface area contributed by atoms with Gasteiger partial charge in [-0.1, -0.05) is 12.1 Å². The van der Waals surface area contributed by atoms with Crippen LogP contribution in [0, 0.1) is 11.6 Å². The fraction of sp³-hybridized carbons (Fsp3) is 0.533. The lowest BCUT2D eigenvalue weighted by Gasteiger charge is -2.37. The van der Waals surface area contributed by atoms with Crippen molar-refractivity contribution in [3.63, 3.8) is 0 Å². The second kappa shape index (κ2) is 5.87. The van der Waals surface area contributed by atoms with Gasteiger partial charge in [0.1, 0.15) is 0 Å². The highest BCUT2D eigenvalue weighted by Gasteiger charge is 2.36. The van der Waals surface area contributed by atoms with Crippen molar-refractivity contribution in [3.05, 3.63) is 35.4 Å². The maximum absolute atomic E-state index is 14.1. The van der Waals surface area contributed by atoms with Crippen LogP contribution in [0.2, 0.25) is 0 Å². The maximum atomic E-state index is 14.1. The van der Waals surface area contributed by atoms with E-state index in [1.165, 1.54) is 12.1 Å². The van der Waals surface area contributed by atoms with Crippen LogP contribution in [0.3, 0.4) is 0 Å². The molecule has 110 valence electrons. The lowest BCUT2D eigenvalue weighted by molar-refractivity contribution is -0.135. The molecule has 0 spiro atoms. The van der Waals surface area contributed by atoms with Crippen LogP contribution in [0.4, 0.5) is 8.78 Å². The Balaban J connectivity index is 2.52. The zero-order chi connectivity index (χ0) is 14.9. The summed E-state index contributed by atoms with van der Waals surface area (Å²) in [5.74, 6) is -1.87. The van der Waals surface area contributed by atoms with Crippen LogP contribution in [-0.2, 0) is 4.79 Å². The SMILES string of the molecule is CC(C)N1C(=O)CCCC(N)C1c1cccc(F)c1F. The van der Waals surface area contributed by atoms with Gasteiger partial charge in [0.2, 0.25) is 5.91 Å². The van der Waals surface area contributed by atoms with Crippen LogP contribution in [0.25, 0.3) is 0 Å². The van der Waals surface area contributed by atoms with Gasteiger partial charge in [0.05, 0.1) is 6.04 Å². The number of carbonyl (C=O) groups is 1. The quantitative estimate of drug-likeness (QED) is 0.906. The van der Waals surface area contributed by atoms with E-state index >= 15 is 0 Å². The van der Waals surface area contributed by atoms with Gasteiger partial charge in [-0.15, -0.1) is 0 Å². The van der Waals surface area contributed by atoms with Gasteiger partial charge in [-0.05, 0) is 32.8 Å². The predicted octanol–water partition coefficient (Wildman–Crippen LogP) is 2.75.